The van der Waals surface area contributed by atoms with E-state index in [0.29, 0.717) is 18.0 Å². The lowest BCUT2D eigenvalue weighted by atomic mass is 9.99. The molecule has 0 spiro atoms. The lowest BCUT2D eigenvalue weighted by Gasteiger charge is -2.32. The molecule has 25 heavy (non-hydrogen) atoms. The minimum Gasteiger partial charge on any atom is -0.396 e. The van der Waals surface area contributed by atoms with Crippen molar-refractivity contribution in [2.45, 2.75) is 19.4 Å². The van der Waals surface area contributed by atoms with Gasteiger partial charge in [-0.2, -0.15) is 0 Å². The molecule has 1 heterocycles. The van der Waals surface area contributed by atoms with Gasteiger partial charge < -0.3 is 25.3 Å². The molecule has 1 aromatic carbocycles. The average Bonchev–Trinajstić information content (AvgIpc) is 2.63. The SMILES string of the molecule is O=C(NCCN1CCCC(CO)C1)N(CCO)Cc1ccccc1F. The van der Waals surface area contributed by atoms with E-state index in [9.17, 15) is 19.4 Å². The molecule has 1 saturated heterocycles. The van der Waals surface area contributed by atoms with Gasteiger partial charge in [-0.05, 0) is 31.4 Å². The highest BCUT2D eigenvalue weighted by atomic mass is 19.1. The van der Waals surface area contributed by atoms with Crippen LogP contribution in [0.25, 0.3) is 0 Å². The zero-order chi connectivity index (χ0) is 18.1. The van der Waals surface area contributed by atoms with Gasteiger partial charge in [-0.3, -0.25) is 0 Å². The number of piperidine rings is 1. The summed E-state index contributed by atoms with van der Waals surface area (Å²) in [7, 11) is 0. The second kappa shape index (κ2) is 10.3. The molecule has 1 fully saturated rings. The largest absolute Gasteiger partial charge is 0.396 e. The van der Waals surface area contributed by atoms with Gasteiger partial charge in [0.25, 0.3) is 0 Å². The minimum atomic E-state index is -0.360. The summed E-state index contributed by atoms with van der Waals surface area (Å²) in [5.41, 5.74) is 0.424. The Labute approximate surface area is 148 Å². The summed E-state index contributed by atoms with van der Waals surface area (Å²) >= 11 is 0. The number of carbonyl (C=O) groups is 1. The van der Waals surface area contributed by atoms with Crippen LogP contribution < -0.4 is 5.32 Å². The van der Waals surface area contributed by atoms with Gasteiger partial charge in [0.2, 0.25) is 0 Å². The normalized spacial score (nSPS) is 18.1. The Hall–Kier alpha value is -1.70. The number of nitrogens with zero attached hydrogens (tertiary/aromatic N) is 2. The third-order valence-electron chi connectivity index (χ3n) is 4.54. The van der Waals surface area contributed by atoms with E-state index in [1.807, 2.05) is 0 Å². The Kier molecular flexibility index (Phi) is 8.11. The van der Waals surface area contributed by atoms with E-state index in [2.05, 4.69) is 10.2 Å². The van der Waals surface area contributed by atoms with Crippen LogP contribution in [0.2, 0.25) is 0 Å². The van der Waals surface area contributed by atoms with Crippen LogP contribution in [0.4, 0.5) is 9.18 Å². The molecular formula is C18H28FN3O3. The highest BCUT2D eigenvalue weighted by Gasteiger charge is 2.19. The third kappa shape index (κ3) is 6.26. The van der Waals surface area contributed by atoms with Crippen LogP contribution in [-0.2, 0) is 6.54 Å². The number of carbonyl (C=O) groups excluding carboxylic acids is 1. The van der Waals surface area contributed by atoms with E-state index in [0.717, 1.165) is 32.5 Å². The standard InChI is InChI=1S/C18H28FN3O3/c19-17-6-2-1-5-16(17)13-22(10-11-23)18(25)20-7-9-21-8-3-4-15(12-21)14-24/h1-2,5-6,15,23-24H,3-4,7-14H2,(H,20,25). The molecule has 0 aliphatic carbocycles. The first kappa shape index (κ1) is 19.6. The molecule has 140 valence electrons. The van der Waals surface area contributed by atoms with Crippen molar-refractivity contribution in [2.24, 2.45) is 5.92 Å². The van der Waals surface area contributed by atoms with Crippen LogP contribution in [0.15, 0.2) is 24.3 Å². The molecule has 6 nitrogen and oxygen atoms in total. The summed E-state index contributed by atoms with van der Waals surface area (Å²) in [6, 6.07) is 6.01. The average molecular weight is 353 g/mol. The van der Waals surface area contributed by atoms with Crippen molar-refractivity contribution in [1.82, 2.24) is 15.1 Å². The van der Waals surface area contributed by atoms with E-state index in [1.165, 1.54) is 11.0 Å². The van der Waals surface area contributed by atoms with E-state index < -0.39 is 0 Å². The summed E-state index contributed by atoms with van der Waals surface area (Å²) in [4.78, 5) is 16.0. The Morgan fingerprint density at radius 3 is 2.88 bits per heavy atom. The molecule has 2 rings (SSSR count). The van der Waals surface area contributed by atoms with Crippen LogP contribution in [0, 0.1) is 11.7 Å². The second-order valence-corrected chi connectivity index (χ2v) is 6.46. The molecule has 0 radical (unpaired) electrons. The van der Waals surface area contributed by atoms with Gasteiger partial charge in [0.15, 0.2) is 0 Å². The molecule has 0 aromatic heterocycles. The van der Waals surface area contributed by atoms with Gasteiger partial charge in [0.1, 0.15) is 5.82 Å². The van der Waals surface area contributed by atoms with Crippen LogP contribution in [-0.4, -0.2) is 72.0 Å². The first-order valence-corrected chi connectivity index (χ1v) is 8.84. The van der Waals surface area contributed by atoms with E-state index >= 15 is 0 Å². The van der Waals surface area contributed by atoms with E-state index in [1.54, 1.807) is 18.2 Å². The fourth-order valence-corrected chi connectivity index (χ4v) is 3.14. The molecule has 0 saturated carbocycles. The number of nitrogens with one attached hydrogen (secondary N) is 1. The lowest BCUT2D eigenvalue weighted by Crippen LogP contribution is -2.45. The number of halogens is 1. The molecule has 0 bridgehead atoms. The van der Waals surface area contributed by atoms with Crippen LogP contribution in [0.3, 0.4) is 0 Å². The number of amides is 2. The number of hydrogen-bond donors (Lipinski definition) is 3. The summed E-state index contributed by atoms with van der Waals surface area (Å²) in [5.74, 6) is -0.0435. The van der Waals surface area contributed by atoms with Crippen molar-refractivity contribution in [3.05, 3.63) is 35.6 Å². The third-order valence-corrected chi connectivity index (χ3v) is 4.54. The topological polar surface area (TPSA) is 76.0 Å². The maximum atomic E-state index is 13.8. The van der Waals surface area contributed by atoms with Gasteiger partial charge in [-0.15, -0.1) is 0 Å². The van der Waals surface area contributed by atoms with Gasteiger partial charge in [0, 0.05) is 38.3 Å². The Morgan fingerprint density at radius 2 is 2.16 bits per heavy atom. The first-order chi connectivity index (χ1) is 12.1. The first-order valence-electron chi connectivity index (χ1n) is 8.84. The Balaban J connectivity index is 1.80. The highest BCUT2D eigenvalue weighted by Crippen LogP contribution is 2.15. The van der Waals surface area contributed by atoms with Gasteiger partial charge >= 0.3 is 6.03 Å². The quantitative estimate of drug-likeness (QED) is 0.653. The van der Waals surface area contributed by atoms with E-state index in [4.69, 9.17) is 0 Å². The van der Waals surface area contributed by atoms with Crippen LogP contribution in [0.5, 0.6) is 0 Å². The maximum absolute atomic E-state index is 13.8. The second-order valence-electron chi connectivity index (χ2n) is 6.46. The molecule has 1 aromatic rings. The molecule has 1 atom stereocenters. The number of hydrogen-bond acceptors (Lipinski definition) is 4. The van der Waals surface area contributed by atoms with Crippen molar-refractivity contribution >= 4 is 6.03 Å². The zero-order valence-electron chi connectivity index (χ0n) is 14.5. The Morgan fingerprint density at radius 1 is 1.36 bits per heavy atom. The molecule has 1 unspecified atom stereocenters. The number of rotatable bonds is 8. The van der Waals surface area contributed by atoms with Crippen molar-refractivity contribution in [2.75, 3.05) is 45.9 Å². The molecule has 2 amide bonds. The smallest absolute Gasteiger partial charge is 0.317 e. The number of benzene rings is 1. The molecule has 1 aliphatic heterocycles. The fraction of sp³-hybridized carbons (Fsp3) is 0.611. The van der Waals surface area contributed by atoms with Gasteiger partial charge in [0.05, 0.1) is 13.2 Å². The van der Waals surface area contributed by atoms with Gasteiger partial charge in [-0.25, -0.2) is 9.18 Å². The zero-order valence-corrected chi connectivity index (χ0v) is 14.5. The van der Waals surface area contributed by atoms with Crippen molar-refractivity contribution in [1.29, 1.82) is 0 Å². The van der Waals surface area contributed by atoms with Crippen LogP contribution in [0.1, 0.15) is 18.4 Å². The number of aliphatic hydroxyl groups excluding tert-OH is 2. The van der Waals surface area contributed by atoms with E-state index in [-0.39, 0.29) is 38.2 Å². The predicted octanol–water partition coefficient (Wildman–Crippen LogP) is 1.03. The molecule has 7 heteroatoms. The summed E-state index contributed by atoms with van der Waals surface area (Å²) in [6.45, 7) is 3.32. The summed E-state index contributed by atoms with van der Waals surface area (Å²) < 4.78 is 13.8. The lowest BCUT2D eigenvalue weighted by molar-refractivity contribution is 0.120. The van der Waals surface area contributed by atoms with Crippen molar-refractivity contribution < 1.29 is 19.4 Å². The summed E-state index contributed by atoms with van der Waals surface area (Å²) in [6.07, 6.45) is 2.11. The van der Waals surface area contributed by atoms with Gasteiger partial charge in [-0.1, -0.05) is 18.2 Å². The predicted molar refractivity (Wildman–Crippen MR) is 93.5 cm³/mol. The monoisotopic (exact) mass is 353 g/mol. The molecule has 3 N–H and O–H groups in total. The van der Waals surface area contributed by atoms with Crippen molar-refractivity contribution in [3.63, 3.8) is 0 Å². The number of aliphatic hydroxyl groups is 2. The fourth-order valence-electron chi connectivity index (χ4n) is 3.14. The molecule has 1 aliphatic rings. The number of urea groups is 1. The number of likely N-dealkylation sites (tertiary alicyclic amines) is 1. The highest BCUT2D eigenvalue weighted by molar-refractivity contribution is 5.74. The maximum Gasteiger partial charge on any atom is 0.317 e. The minimum absolute atomic E-state index is 0.120. The van der Waals surface area contributed by atoms with Crippen molar-refractivity contribution in [3.8, 4) is 0 Å². The molecular weight excluding hydrogens is 325 g/mol. The summed E-state index contributed by atoms with van der Waals surface area (Å²) in [5, 5.41) is 21.3. The Bertz CT molecular complexity index is 544. The van der Waals surface area contributed by atoms with Crippen LogP contribution >= 0.6 is 0 Å².